The van der Waals surface area contributed by atoms with Crippen LogP contribution < -0.4 is 14.8 Å². The van der Waals surface area contributed by atoms with Gasteiger partial charge in [0.1, 0.15) is 6.61 Å². The maximum atomic E-state index is 6.21. The molecule has 0 radical (unpaired) electrons. The van der Waals surface area contributed by atoms with Crippen LogP contribution in [-0.4, -0.2) is 13.2 Å². The van der Waals surface area contributed by atoms with Gasteiger partial charge in [0.05, 0.1) is 7.11 Å². The van der Waals surface area contributed by atoms with E-state index in [9.17, 15) is 0 Å². The van der Waals surface area contributed by atoms with Crippen molar-refractivity contribution >= 4 is 35.6 Å². The third-order valence-electron chi connectivity index (χ3n) is 3.83. The zero-order valence-corrected chi connectivity index (χ0v) is 15.7. The molecule has 0 spiro atoms. The van der Waals surface area contributed by atoms with Gasteiger partial charge in [0.25, 0.3) is 0 Å². The minimum atomic E-state index is 0. The van der Waals surface area contributed by atoms with Gasteiger partial charge in [-0.2, -0.15) is 0 Å². The van der Waals surface area contributed by atoms with Crippen LogP contribution in [0.1, 0.15) is 24.0 Å². The molecule has 0 unspecified atom stereocenters. The summed E-state index contributed by atoms with van der Waals surface area (Å²) in [5.41, 5.74) is 1.98. The molecule has 3 rings (SSSR count). The molecule has 1 aliphatic carbocycles. The van der Waals surface area contributed by atoms with E-state index in [2.05, 4.69) is 11.4 Å². The van der Waals surface area contributed by atoms with Gasteiger partial charge in [0, 0.05) is 33.8 Å². The van der Waals surface area contributed by atoms with Crippen molar-refractivity contribution in [3.8, 4) is 11.5 Å². The normalized spacial score (nSPS) is 13.3. The van der Waals surface area contributed by atoms with Crippen LogP contribution in [0.25, 0.3) is 0 Å². The van der Waals surface area contributed by atoms with E-state index in [4.69, 9.17) is 32.7 Å². The summed E-state index contributed by atoms with van der Waals surface area (Å²) in [7, 11) is 1.65. The molecule has 0 amide bonds. The lowest BCUT2D eigenvalue weighted by atomic mass is 10.1. The number of methoxy groups -OCH3 is 1. The number of ether oxygens (including phenoxy) is 2. The first-order valence-corrected chi connectivity index (χ1v) is 8.39. The van der Waals surface area contributed by atoms with E-state index in [0.29, 0.717) is 22.7 Å². The highest BCUT2D eigenvalue weighted by molar-refractivity contribution is 6.35. The molecular formula is C18H20Cl3NO2. The topological polar surface area (TPSA) is 30.5 Å². The molecule has 3 nitrogen and oxygen atoms in total. The molecule has 6 heteroatoms. The molecule has 24 heavy (non-hydrogen) atoms. The number of hydrogen-bond donors (Lipinski definition) is 1. The number of para-hydroxylation sites is 1. The van der Waals surface area contributed by atoms with Crippen LogP contribution in [0.15, 0.2) is 36.4 Å². The second-order valence-electron chi connectivity index (χ2n) is 5.63. The molecule has 0 aromatic heterocycles. The first-order chi connectivity index (χ1) is 11.2. The maximum Gasteiger partial charge on any atom is 0.166 e. The van der Waals surface area contributed by atoms with Gasteiger partial charge in [-0.05, 0) is 31.0 Å². The van der Waals surface area contributed by atoms with Crippen molar-refractivity contribution in [3.63, 3.8) is 0 Å². The second kappa shape index (κ2) is 8.82. The molecule has 2 aromatic carbocycles. The van der Waals surface area contributed by atoms with Crippen LogP contribution >= 0.6 is 35.6 Å². The third kappa shape index (κ3) is 4.93. The Labute approximate surface area is 158 Å². The van der Waals surface area contributed by atoms with Crippen LogP contribution in [0.3, 0.4) is 0 Å². The number of hydrogen-bond acceptors (Lipinski definition) is 3. The highest BCUT2D eigenvalue weighted by Crippen LogP contribution is 2.33. The van der Waals surface area contributed by atoms with Gasteiger partial charge in [-0.1, -0.05) is 41.4 Å². The van der Waals surface area contributed by atoms with Crippen molar-refractivity contribution in [1.82, 2.24) is 5.32 Å². The molecule has 0 aliphatic heterocycles. The molecule has 2 aromatic rings. The van der Waals surface area contributed by atoms with Crippen LogP contribution in [0.2, 0.25) is 10.0 Å². The van der Waals surface area contributed by atoms with Crippen molar-refractivity contribution in [2.24, 2.45) is 0 Å². The van der Waals surface area contributed by atoms with E-state index in [0.717, 1.165) is 29.2 Å². The monoisotopic (exact) mass is 387 g/mol. The summed E-state index contributed by atoms with van der Waals surface area (Å²) in [4.78, 5) is 0. The molecule has 1 N–H and O–H groups in total. The first-order valence-electron chi connectivity index (χ1n) is 7.63. The van der Waals surface area contributed by atoms with Crippen LogP contribution in [-0.2, 0) is 13.2 Å². The minimum absolute atomic E-state index is 0. The lowest BCUT2D eigenvalue weighted by molar-refractivity contribution is 0.280. The van der Waals surface area contributed by atoms with Gasteiger partial charge >= 0.3 is 0 Å². The zero-order chi connectivity index (χ0) is 16.2. The molecule has 130 valence electrons. The molecule has 0 bridgehead atoms. The van der Waals surface area contributed by atoms with Crippen molar-refractivity contribution in [2.75, 3.05) is 7.11 Å². The third-order valence-corrected chi connectivity index (χ3v) is 4.41. The van der Waals surface area contributed by atoms with Gasteiger partial charge in [0.15, 0.2) is 11.5 Å². The number of benzene rings is 2. The van der Waals surface area contributed by atoms with Gasteiger partial charge in [0.2, 0.25) is 0 Å². The van der Waals surface area contributed by atoms with Crippen LogP contribution in [0.4, 0.5) is 0 Å². The number of rotatable bonds is 7. The van der Waals surface area contributed by atoms with Gasteiger partial charge < -0.3 is 14.8 Å². The van der Waals surface area contributed by atoms with Gasteiger partial charge in [-0.25, -0.2) is 0 Å². The highest BCUT2D eigenvalue weighted by Gasteiger charge is 2.21. The van der Waals surface area contributed by atoms with E-state index in [-0.39, 0.29) is 12.4 Å². The first kappa shape index (κ1) is 19.2. The van der Waals surface area contributed by atoms with Crippen molar-refractivity contribution in [3.05, 3.63) is 57.6 Å². The van der Waals surface area contributed by atoms with Gasteiger partial charge in [-0.15, -0.1) is 12.4 Å². The lowest BCUT2D eigenvalue weighted by Crippen LogP contribution is -2.16. The van der Waals surface area contributed by atoms with Crippen LogP contribution in [0, 0.1) is 0 Å². The Morgan fingerprint density at radius 1 is 1.12 bits per heavy atom. The van der Waals surface area contributed by atoms with E-state index < -0.39 is 0 Å². The summed E-state index contributed by atoms with van der Waals surface area (Å²) in [5.74, 6) is 1.49. The Morgan fingerprint density at radius 2 is 1.92 bits per heavy atom. The Hall–Kier alpha value is -1.13. The second-order valence-corrected chi connectivity index (χ2v) is 6.47. The van der Waals surface area contributed by atoms with E-state index in [1.54, 1.807) is 13.2 Å². The summed E-state index contributed by atoms with van der Waals surface area (Å²) in [6.07, 6.45) is 2.50. The molecule has 0 saturated heterocycles. The largest absolute Gasteiger partial charge is 0.493 e. The average Bonchev–Trinajstić information content (AvgIpc) is 3.36. The molecule has 1 aliphatic rings. The van der Waals surface area contributed by atoms with Crippen molar-refractivity contribution in [2.45, 2.75) is 32.0 Å². The van der Waals surface area contributed by atoms with E-state index >= 15 is 0 Å². The SMILES string of the molecule is COc1cccc(CNC2CC2)c1OCc1ccc(Cl)cc1Cl.Cl. The summed E-state index contributed by atoms with van der Waals surface area (Å²) in [5, 5.41) is 4.72. The fourth-order valence-corrected chi connectivity index (χ4v) is 2.82. The summed E-state index contributed by atoms with van der Waals surface area (Å²) >= 11 is 12.1. The summed E-state index contributed by atoms with van der Waals surface area (Å²) < 4.78 is 11.5. The predicted octanol–water partition coefficient (Wildman–Crippen LogP) is 5.25. The molecule has 0 heterocycles. The standard InChI is InChI=1S/C18H19Cl2NO2.ClH/c1-22-17-4-2-3-12(10-21-15-7-8-15)18(17)23-11-13-5-6-14(19)9-16(13)20;/h2-6,9,15,21H,7-8,10-11H2,1H3;1H. The highest BCUT2D eigenvalue weighted by atomic mass is 35.5. The smallest absolute Gasteiger partial charge is 0.166 e. The quantitative estimate of drug-likeness (QED) is 0.702. The average molecular weight is 389 g/mol. The molecule has 1 fully saturated rings. The Balaban J connectivity index is 0.00000208. The van der Waals surface area contributed by atoms with E-state index in [1.807, 2.05) is 24.3 Å². The number of halogens is 3. The Kier molecular flexibility index (Phi) is 7.05. The Morgan fingerprint density at radius 3 is 2.58 bits per heavy atom. The van der Waals surface area contributed by atoms with Crippen LogP contribution in [0.5, 0.6) is 11.5 Å². The lowest BCUT2D eigenvalue weighted by Gasteiger charge is -2.16. The van der Waals surface area contributed by atoms with E-state index in [1.165, 1.54) is 12.8 Å². The summed E-state index contributed by atoms with van der Waals surface area (Å²) in [6.45, 7) is 1.14. The molecule has 0 atom stereocenters. The van der Waals surface area contributed by atoms with Crippen molar-refractivity contribution in [1.29, 1.82) is 0 Å². The predicted molar refractivity (Wildman–Crippen MR) is 101 cm³/mol. The maximum absolute atomic E-state index is 6.21. The summed E-state index contributed by atoms with van der Waals surface area (Å²) in [6, 6.07) is 12.0. The molecular weight excluding hydrogens is 369 g/mol. The minimum Gasteiger partial charge on any atom is -0.493 e. The fourth-order valence-electron chi connectivity index (χ4n) is 2.36. The van der Waals surface area contributed by atoms with Gasteiger partial charge in [-0.3, -0.25) is 0 Å². The number of nitrogens with one attached hydrogen (secondary N) is 1. The molecule has 1 saturated carbocycles. The van der Waals surface area contributed by atoms with Crippen molar-refractivity contribution < 1.29 is 9.47 Å². The fraction of sp³-hybridized carbons (Fsp3) is 0.333. The zero-order valence-electron chi connectivity index (χ0n) is 13.4. The Bertz CT molecular complexity index is 690.